The van der Waals surface area contributed by atoms with Gasteiger partial charge in [-0.15, -0.1) is 10.2 Å². The van der Waals surface area contributed by atoms with Crippen molar-refractivity contribution in [1.29, 1.82) is 0 Å². The highest BCUT2D eigenvalue weighted by atomic mass is 19.4. The van der Waals surface area contributed by atoms with Crippen LogP contribution in [0.4, 0.5) is 13.2 Å². The Hall–Kier alpha value is -3.49. The summed E-state index contributed by atoms with van der Waals surface area (Å²) in [5.74, 6) is -0.497. The maximum atomic E-state index is 12.8. The molecule has 0 saturated heterocycles. The van der Waals surface area contributed by atoms with Crippen LogP contribution in [0.5, 0.6) is 11.6 Å². The fraction of sp³-hybridized carbons (Fsp3) is 0.304. The molecular weight excluding hydrogens is 423 g/mol. The third-order valence-corrected chi connectivity index (χ3v) is 4.51. The average molecular weight is 445 g/mol. The summed E-state index contributed by atoms with van der Waals surface area (Å²) in [6.45, 7) is 7.89. The fourth-order valence-electron chi connectivity index (χ4n) is 2.78. The number of alkyl halides is 3. The topological polar surface area (TPSA) is 74.2 Å². The summed E-state index contributed by atoms with van der Waals surface area (Å²) >= 11 is 0. The van der Waals surface area contributed by atoms with Crippen LogP contribution in [-0.2, 0) is 16.3 Å². The number of halogens is 3. The van der Waals surface area contributed by atoms with E-state index >= 15 is 0 Å². The molecule has 0 aliphatic carbocycles. The van der Waals surface area contributed by atoms with Gasteiger partial charge in [-0.2, -0.15) is 18.2 Å². The van der Waals surface area contributed by atoms with Crippen LogP contribution >= 0.6 is 0 Å². The molecule has 1 aromatic heterocycles. The Bertz CT molecular complexity index is 1110. The largest absolute Gasteiger partial charge is 0.461 e. The van der Waals surface area contributed by atoms with Crippen molar-refractivity contribution in [3.05, 3.63) is 65.4 Å². The van der Waals surface area contributed by atoms with Crippen molar-refractivity contribution in [2.45, 2.75) is 39.3 Å². The van der Waals surface area contributed by atoms with Crippen molar-refractivity contribution in [3.8, 4) is 23.0 Å². The zero-order valence-electron chi connectivity index (χ0n) is 18.0. The minimum absolute atomic E-state index is 0.00810. The van der Waals surface area contributed by atoms with Gasteiger partial charge in [0.2, 0.25) is 5.69 Å². The van der Waals surface area contributed by atoms with Gasteiger partial charge < -0.3 is 9.47 Å². The molecule has 32 heavy (non-hydrogen) atoms. The van der Waals surface area contributed by atoms with Crippen molar-refractivity contribution in [1.82, 2.24) is 15.2 Å². The monoisotopic (exact) mass is 445 g/mol. The first-order valence-electron chi connectivity index (χ1n) is 9.87. The van der Waals surface area contributed by atoms with Gasteiger partial charge in [-0.3, -0.25) is 0 Å². The maximum Gasteiger partial charge on any atom is 0.416 e. The normalized spacial score (nSPS) is 11.8. The first-order chi connectivity index (χ1) is 15.0. The third-order valence-electron chi connectivity index (χ3n) is 4.51. The zero-order valence-corrected chi connectivity index (χ0v) is 18.0. The summed E-state index contributed by atoms with van der Waals surface area (Å²) in [7, 11) is 0. The van der Waals surface area contributed by atoms with Gasteiger partial charge in [-0.1, -0.05) is 45.0 Å². The lowest BCUT2D eigenvalue weighted by Crippen LogP contribution is -2.13. The van der Waals surface area contributed by atoms with Crippen LogP contribution < -0.4 is 4.74 Å². The van der Waals surface area contributed by atoms with E-state index in [0.29, 0.717) is 5.75 Å². The molecule has 0 spiro atoms. The maximum absolute atomic E-state index is 12.8. The highest BCUT2D eigenvalue weighted by molar-refractivity contribution is 5.89. The van der Waals surface area contributed by atoms with E-state index in [9.17, 15) is 18.0 Å². The Balaban J connectivity index is 2.02. The molecule has 0 N–H and O–H groups in total. The molecule has 0 radical (unpaired) electrons. The van der Waals surface area contributed by atoms with E-state index in [4.69, 9.17) is 9.47 Å². The predicted molar refractivity (Wildman–Crippen MR) is 111 cm³/mol. The average Bonchev–Trinajstić information content (AvgIpc) is 2.73. The first kappa shape index (κ1) is 23.2. The van der Waals surface area contributed by atoms with E-state index in [1.807, 2.05) is 39.0 Å². The highest BCUT2D eigenvalue weighted by Crippen LogP contribution is 2.32. The number of rotatable bonds is 5. The molecular formula is C23H22F3N3O3. The predicted octanol–water partition coefficient (Wildman–Crippen LogP) is 5.82. The Kier molecular flexibility index (Phi) is 6.47. The summed E-state index contributed by atoms with van der Waals surface area (Å²) in [6, 6.07) is 11.6. The van der Waals surface area contributed by atoms with Crippen LogP contribution in [-0.4, -0.2) is 27.8 Å². The van der Waals surface area contributed by atoms with Crippen LogP contribution in [0.25, 0.3) is 11.4 Å². The van der Waals surface area contributed by atoms with Gasteiger partial charge in [0.15, 0.2) is 5.82 Å². The Morgan fingerprint density at radius 2 is 1.66 bits per heavy atom. The second-order valence-electron chi connectivity index (χ2n) is 7.96. The summed E-state index contributed by atoms with van der Waals surface area (Å²) in [5.41, 5.74) is 0.113. The number of hydrogen-bond acceptors (Lipinski definition) is 6. The van der Waals surface area contributed by atoms with Crippen LogP contribution in [0.2, 0.25) is 0 Å². The SMILES string of the molecule is CCOC(=O)c1nnc(-c2ccc(C(F)(F)F)cc2)nc1Oc1cccc(C(C)(C)C)c1. The van der Waals surface area contributed by atoms with Gasteiger partial charge in [0.1, 0.15) is 5.75 Å². The highest BCUT2D eigenvalue weighted by Gasteiger charge is 2.30. The van der Waals surface area contributed by atoms with Gasteiger partial charge in [-0.05, 0) is 42.2 Å². The standard InChI is InChI=1S/C23H22F3N3O3/c1-5-31-21(30)18-20(32-17-8-6-7-16(13-17)22(2,3)4)27-19(29-28-18)14-9-11-15(12-10-14)23(24,25)26/h6-13H,5H2,1-4H3. The summed E-state index contributed by atoms with van der Waals surface area (Å²) in [4.78, 5) is 16.6. The second kappa shape index (κ2) is 8.94. The molecule has 168 valence electrons. The van der Waals surface area contributed by atoms with E-state index in [0.717, 1.165) is 17.7 Å². The van der Waals surface area contributed by atoms with Crippen LogP contribution in [0.3, 0.4) is 0 Å². The lowest BCUT2D eigenvalue weighted by atomic mass is 9.87. The molecule has 0 unspecified atom stereocenters. The summed E-state index contributed by atoms with van der Waals surface area (Å²) < 4.78 is 49.4. The van der Waals surface area contributed by atoms with E-state index < -0.39 is 17.7 Å². The minimum Gasteiger partial charge on any atom is -0.461 e. The second-order valence-corrected chi connectivity index (χ2v) is 7.96. The van der Waals surface area contributed by atoms with Gasteiger partial charge in [-0.25, -0.2) is 4.79 Å². The number of ether oxygens (including phenoxy) is 2. The molecule has 3 aromatic rings. The number of carbonyl (C=O) groups excluding carboxylic acids is 1. The van der Waals surface area contributed by atoms with Crippen molar-refractivity contribution < 1.29 is 27.4 Å². The van der Waals surface area contributed by atoms with Gasteiger partial charge in [0, 0.05) is 5.56 Å². The van der Waals surface area contributed by atoms with Crippen molar-refractivity contribution >= 4 is 5.97 Å². The molecule has 1 heterocycles. The zero-order chi connectivity index (χ0) is 23.5. The number of benzene rings is 2. The fourth-order valence-corrected chi connectivity index (χ4v) is 2.78. The molecule has 0 amide bonds. The Labute approximate surface area is 183 Å². The van der Waals surface area contributed by atoms with Gasteiger partial charge in [0.25, 0.3) is 5.88 Å². The lowest BCUT2D eigenvalue weighted by Gasteiger charge is -2.19. The van der Waals surface area contributed by atoms with E-state index in [-0.39, 0.29) is 35.0 Å². The summed E-state index contributed by atoms with van der Waals surface area (Å²) in [5, 5.41) is 7.76. The van der Waals surface area contributed by atoms with Crippen LogP contribution in [0, 0.1) is 0 Å². The smallest absolute Gasteiger partial charge is 0.416 e. The molecule has 0 fully saturated rings. The van der Waals surface area contributed by atoms with Crippen molar-refractivity contribution in [2.75, 3.05) is 6.61 Å². The van der Waals surface area contributed by atoms with Crippen molar-refractivity contribution in [2.24, 2.45) is 0 Å². The molecule has 0 aliphatic rings. The van der Waals surface area contributed by atoms with Gasteiger partial charge >= 0.3 is 12.1 Å². The molecule has 3 rings (SSSR count). The van der Waals surface area contributed by atoms with Crippen LogP contribution in [0.1, 0.15) is 49.3 Å². The number of carbonyl (C=O) groups is 1. The Morgan fingerprint density at radius 1 is 0.969 bits per heavy atom. The third kappa shape index (κ3) is 5.40. The van der Waals surface area contributed by atoms with Crippen molar-refractivity contribution in [3.63, 3.8) is 0 Å². The van der Waals surface area contributed by atoms with E-state index in [2.05, 4.69) is 15.2 Å². The molecule has 2 aromatic carbocycles. The molecule has 0 bridgehead atoms. The quantitative estimate of drug-likeness (QED) is 0.461. The lowest BCUT2D eigenvalue weighted by molar-refractivity contribution is -0.137. The van der Waals surface area contributed by atoms with E-state index in [1.54, 1.807) is 13.0 Å². The number of aromatic nitrogens is 3. The molecule has 9 heteroatoms. The molecule has 0 atom stereocenters. The van der Waals surface area contributed by atoms with E-state index in [1.165, 1.54) is 12.1 Å². The summed E-state index contributed by atoms with van der Waals surface area (Å²) in [6.07, 6.45) is -4.46. The molecule has 6 nitrogen and oxygen atoms in total. The van der Waals surface area contributed by atoms with Gasteiger partial charge in [0.05, 0.1) is 12.2 Å². The minimum atomic E-state index is -4.46. The number of nitrogens with zero attached hydrogens (tertiary/aromatic N) is 3. The number of esters is 1. The Morgan fingerprint density at radius 3 is 2.25 bits per heavy atom. The molecule has 0 aliphatic heterocycles. The first-order valence-corrected chi connectivity index (χ1v) is 9.87. The number of hydrogen-bond donors (Lipinski definition) is 0. The van der Waals surface area contributed by atoms with Crippen LogP contribution in [0.15, 0.2) is 48.5 Å². The molecule has 0 saturated carbocycles.